The van der Waals surface area contributed by atoms with Gasteiger partial charge in [-0.1, -0.05) is 12.1 Å². The Morgan fingerprint density at radius 1 is 1.00 bits per heavy atom. The van der Waals surface area contributed by atoms with Crippen LogP contribution < -0.4 is 5.32 Å². The van der Waals surface area contributed by atoms with Crippen LogP contribution in [0.15, 0.2) is 42.5 Å². The fraction of sp³-hybridized carbons (Fsp3) is 0.393. The van der Waals surface area contributed by atoms with Crippen molar-refractivity contribution in [2.75, 3.05) is 45.8 Å². The highest BCUT2D eigenvalue weighted by atomic mass is 19.1. The Morgan fingerprint density at radius 2 is 1.73 bits per heavy atom. The van der Waals surface area contributed by atoms with Gasteiger partial charge in [-0.05, 0) is 49.7 Å². The highest BCUT2D eigenvalue weighted by molar-refractivity contribution is 6.43. The zero-order valence-corrected chi connectivity index (χ0v) is 21.2. The number of fused-ring (bicyclic) bond motifs is 1. The number of rotatable bonds is 5. The number of nitrogens with zero attached hydrogens (tertiary/aromatic N) is 3. The molecule has 2 aliphatic rings. The first-order valence-corrected chi connectivity index (χ1v) is 12.8. The van der Waals surface area contributed by atoms with E-state index in [9.17, 15) is 18.8 Å². The van der Waals surface area contributed by atoms with E-state index in [4.69, 9.17) is 0 Å². The summed E-state index contributed by atoms with van der Waals surface area (Å²) in [5.74, 6) is -1.40. The smallest absolute Gasteiger partial charge is 0.295 e. The van der Waals surface area contributed by atoms with Crippen LogP contribution >= 0.6 is 0 Å². The van der Waals surface area contributed by atoms with Crippen molar-refractivity contribution in [2.24, 2.45) is 0 Å². The molecule has 0 bridgehead atoms. The normalized spacial score (nSPS) is 18.8. The lowest BCUT2D eigenvalue weighted by atomic mass is 10.0. The monoisotopic (exact) mass is 505 g/mol. The van der Waals surface area contributed by atoms with Crippen molar-refractivity contribution in [2.45, 2.75) is 26.4 Å². The number of aryl methyl sites for hydroxylation is 1. The van der Waals surface area contributed by atoms with Gasteiger partial charge in [0.2, 0.25) is 5.78 Å². The number of aromatic amines is 1. The molecule has 1 aromatic heterocycles. The third kappa shape index (κ3) is 5.14. The minimum Gasteiger partial charge on any atom is -0.358 e. The maximum Gasteiger partial charge on any atom is 0.295 e. The number of ketones is 1. The molecule has 2 N–H and O–H groups in total. The van der Waals surface area contributed by atoms with Gasteiger partial charge in [0, 0.05) is 80.6 Å². The van der Waals surface area contributed by atoms with Gasteiger partial charge in [0.1, 0.15) is 5.82 Å². The SMILES string of the molecule is Cc1[nH]c2ccc(C(=O)C(=O)N3CCNCC3)cc2c1C(=O)N1CCN(Cc2ccc(F)cc2)C[C@H]1C. The second-order valence-corrected chi connectivity index (χ2v) is 9.97. The summed E-state index contributed by atoms with van der Waals surface area (Å²) in [5, 5.41) is 3.83. The Kier molecular flexibility index (Phi) is 7.08. The molecule has 3 aromatic rings. The summed E-state index contributed by atoms with van der Waals surface area (Å²) in [6.07, 6.45) is 0. The topological polar surface area (TPSA) is 88.8 Å². The van der Waals surface area contributed by atoms with E-state index in [1.807, 2.05) is 18.7 Å². The average molecular weight is 506 g/mol. The molecule has 2 aromatic carbocycles. The molecule has 2 fully saturated rings. The van der Waals surface area contributed by atoms with E-state index in [-0.39, 0.29) is 17.8 Å². The van der Waals surface area contributed by atoms with Gasteiger partial charge in [0.05, 0.1) is 5.56 Å². The highest BCUT2D eigenvalue weighted by Gasteiger charge is 2.31. The average Bonchev–Trinajstić information content (AvgIpc) is 3.24. The van der Waals surface area contributed by atoms with Gasteiger partial charge in [0.25, 0.3) is 11.8 Å². The summed E-state index contributed by atoms with van der Waals surface area (Å²) in [7, 11) is 0. The molecule has 0 unspecified atom stereocenters. The van der Waals surface area contributed by atoms with Crippen LogP contribution in [0.3, 0.4) is 0 Å². The van der Waals surface area contributed by atoms with Crippen molar-refractivity contribution < 1.29 is 18.8 Å². The molecule has 37 heavy (non-hydrogen) atoms. The lowest BCUT2D eigenvalue weighted by Gasteiger charge is -2.40. The van der Waals surface area contributed by atoms with Gasteiger partial charge < -0.3 is 20.1 Å². The molecule has 0 spiro atoms. The number of piperazine rings is 2. The molecular formula is C28H32FN5O3. The van der Waals surface area contributed by atoms with E-state index >= 15 is 0 Å². The van der Waals surface area contributed by atoms with Gasteiger partial charge in [-0.15, -0.1) is 0 Å². The zero-order chi connectivity index (χ0) is 26.1. The summed E-state index contributed by atoms with van der Waals surface area (Å²) in [6, 6.07) is 11.6. The van der Waals surface area contributed by atoms with E-state index in [1.165, 1.54) is 12.1 Å². The maximum atomic E-state index is 13.7. The number of halogens is 1. The second-order valence-electron chi connectivity index (χ2n) is 9.97. The quantitative estimate of drug-likeness (QED) is 0.411. The lowest BCUT2D eigenvalue weighted by molar-refractivity contribution is -0.127. The van der Waals surface area contributed by atoms with Crippen LogP contribution in [0, 0.1) is 12.7 Å². The van der Waals surface area contributed by atoms with Crippen molar-refractivity contribution >= 4 is 28.5 Å². The van der Waals surface area contributed by atoms with Crippen LogP contribution in [0.25, 0.3) is 10.9 Å². The van der Waals surface area contributed by atoms with Crippen LogP contribution in [-0.4, -0.2) is 89.1 Å². The summed E-state index contributed by atoms with van der Waals surface area (Å²) >= 11 is 0. The summed E-state index contributed by atoms with van der Waals surface area (Å²) < 4.78 is 13.2. The molecule has 2 saturated heterocycles. The van der Waals surface area contributed by atoms with Gasteiger partial charge in [0.15, 0.2) is 0 Å². The number of amides is 2. The van der Waals surface area contributed by atoms with Crippen molar-refractivity contribution in [1.29, 1.82) is 0 Å². The summed E-state index contributed by atoms with van der Waals surface area (Å²) in [4.78, 5) is 48.5. The Hall–Kier alpha value is -3.56. The standard InChI is InChI=1S/C28H32FN5O3/c1-18-16-32(17-20-3-6-22(29)7-4-20)13-14-34(18)27(36)25-19(2)31-24-8-5-21(15-23(24)25)26(35)28(37)33-11-9-30-10-12-33/h3-8,15,18,30-31H,9-14,16-17H2,1-2H3/t18-/m1/s1. The Bertz CT molecular complexity index is 1330. The second kappa shape index (κ2) is 10.4. The molecule has 0 aliphatic carbocycles. The van der Waals surface area contributed by atoms with Crippen LogP contribution in [0.1, 0.15) is 38.9 Å². The Balaban J connectivity index is 1.33. The number of carbonyl (C=O) groups is 3. The van der Waals surface area contributed by atoms with Gasteiger partial charge in [-0.25, -0.2) is 4.39 Å². The number of benzene rings is 2. The van der Waals surface area contributed by atoms with Crippen LogP contribution in [0.2, 0.25) is 0 Å². The molecule has 9 heteroatoms. The first-order chi connectivity index (χ1) is 17.8. The van der Waals surface area contributed by atoms with Crippen LogP contribution in [0.4, 0.5) is 4.39 Å². The lowest BCUT2D eigenvalue weighted by Crippen LogP contribution is -2.53. The first-order valence-electron chi connectivity index (χ1n) is 12.8. The molecule has 1 atom stereocenters. The molecular weight excluding hydrogens is 473 g/mol. The first kappa shape index (κ1) is 25.1. The molecule has 5 rings (SSSR count). The molecule has 3 heterocycles. The van der Waals surface area contributed by atoms with Crippen LogP contribution in [0.5, 0.6) is 0 Å². The van der Waals surface area contributed by atoms with E-state index in [2.05, 4.69) is 15.2 Å². The molecule has 194 valence electrons. The fourth-order valence-corrected chi connectivity index (χ4v) is 5.35. The predicted molar refractivity (Wildman–Crippen MR) is 139 cm³/mol. The van der Waals surface area contributed by atoms with Crippen molar-refractivity contribution in [3.8, 4) is 0 Å². The molecule has 0 saturated carbocycles. The zero-order valence-electron chi connectivity index (χ0n) is 21.2. The van der Waals surface area contributed by atoms with Crippen molar-refractivity contribution in [1.82, 2.24) is 25.0 Å². The minimum absolute atomic E-state index is 0.0230. The van der Waals surface area contributed by atoms with Gasteiger partial charge in [-0.2, -0.15) is 0 Å². The van der Waals surface area contributed by atoms with Crippen LogP contribution in [-0.2, 0) is 11.3 Å². The fourth-order valence-electron chi connectivity index (χ4n) is 5.35. The number of aromatic nitrogens is 1. The van der Waals surface area contributed by atoms with E-state index in [0.29, 0.717) is 68.9 Å². The van der Waals surface area contributed by atoms with Gasteiger partial charge >= 0.3 is 0 Å². The number of hydrogen-bond acceptors (Lipinski definition) is 5. The summed E-state index contributed by atoms with van der Waals surface area (Å²) in [6.45, 7) is 8.90. The third-order valence-corrected chi connectivity index (χ3v) is 7.35. The Labute approximate surface area is 215 Å². The van der Waals surface area contributed by atoms with E-state index in [0.717, 1.165) is 16.8 Å². The number of H-pyrrole nitrogens is 1. The van der Waals surface area contributed by atoms with E-state index < -0.39 is 11.7 Å². The number of hydrogen-bond donors (Lipinski definition) is 2. The minimum atomic E-state index is -0.552. The largest absolute Gasteiger partial charge is 0.358 e. The molecule has 2 aliphatic heterocycles. The molecule has 2 amide bonds. The van der Waals surface area contributed by atoms with E-state index in [1.54, 1.807) is 35.2 Å². The Morgan fingerprint density at radius 3 is 2.43 bits per heavy atom. The van der Waals surface area contributed by atoms with Gasteiger partial charge in [-0.3, -0.25) is 19.3 Å². The number of Topliss-reactive ketones (excluding diaryl/α,β-unsaturated/α-hetero) is 1. The molecule has 0 radical (unpaired) electrons. The third-order valence-electron chi connectivity index (χ3n) is 7.35. The summed E-state index contributed by atoms with van der Waals surface area (Å²) in [5.41, 5.74) is 3.36. The van der Waals surface area contributed by atoms with Crippen molar-refractivity contribution in [3.63, 3.8) is 0 Å². The van der Waals surface area contributed by atoms with Crippen molar-refractivity contribution in [3.05, 3.63) is 70.7 Å². The predicted octanol–water partition coefficient (Wildman–Crippen LogP) is 2.58. The number of nitrogens with one attached hydrogen (secondary N) is 2. The highest BCUT2D eigenvalue weighted by Crippen LogP contribution is 2.27. The maximum absolute atomic E-state index is 13.7. The number of carbonyl (C=O) groups excluding carboxylic acids is 3. The molecule has 8 nitrogen and oxygen atoms in total.